The summed E-state index contributed by atoms with van der Waals surface area (Å²) in [4.78, 5) is 0. The Kier molecular flexibility index (Phi) is 6.92. The van der Waals surface area contributed by atoms with E-state index in [1.54, 1.807) is 0 Å². The van der Waals surface area contributed by atoms with E-state index in [0.717, 1.165) is 6.42 Å². The van der Waals surface area contributed by atoms with Crippen LogP contribution in [0, 0.1) is 0 Å². The Morgan fingerprint density at radius 3 is 1.32 bits per heavy atom. The molecule has 1 aliphatic carbocycles. The minimum atomic E-state index is -0.750. The highest BCUT2D eigenvalue weighted by Gasteiger charge is 2.15. The van der Waals surface area contributed by atoms with Gasteiger partial charge in [0.15, 0.2) is 0 Å². The third-order valence-electron chi connectivity index (χ3n) is 2.71. The maximum Gasteiger partial charge on any atom is 0.432 e. The molecule has 0 unspecified atom stereocenters. The van der Waals surface area contributed by atoms with E-state index in [2.05, 4.69) is 48.5 Å². The van der Waals surface area contributed by atoms with Crippen LogP contribution in [0.1, 0.15) is 11.1 Å². The van der Waals surface area contributed by atoms with Crippen molar-refractivity contribution >= 4 is 15.4 Å². The highest BCUT2D eigenvalue weighted by atomic mass is 16.4. The summed E-state index contributed by atoms with van der Waals surface area (Å²) >= 11 is 0. The van der Waals surface area contributed by atoms with Gasteiger partial charge in [0.1, 0.15) is 0 Å². The molecule has 3 rings (SSSR count). The summed E-state index contributed by atoms with van der Waals surface area (Å²) in [6.45, 7) is 0. The lowest BCUT2D eigenvalue weighted by molar-refractivity contribution is 0.447. The zero-order chi connectivity index (χ0) is 14.1. The molecule has 4 N–H and O–H groups in total. The first kappa shape index (κ1) is 15.5. The molecule has 0 bridgehead atoms. The Morgan fingerprint density at radius 1 is 0.632 bits per heavy atom. The van der Waals surface area contributed by atoms with E-state index in [1.807, 2.05) is 0 Å². The van der Waals surface area contributed by atoms with E-state index in [0.29, 0.717) is 0 Å². The van der Waals surface area contributed by atoms with Gasteiger partial charge in [0.05, 0.1) is 0 Å². The monoisotopic (exact) mass is 258 g/mol. The number of hydrogen-bond acceptors (Lipinski definition) is 4. The molecular weight excluding hydrogens is 242 g/mol. The van der Waals surface area contributed by atoms with Gasteiger partial charge in [-0.25, -0.2) is 0 Å². The molecule has 0 heterocycles. The number of benzene rings is 2. The minimum Gasteiger partial charge on any atom is -0.430 e. The Hall–Kier alpha value is -1.59. The summed E-state index contributed by atoms with van der Waals surface area (Å²) in [6, 6.07) is 17.3. The van der Waals surface area contributed by atoms with Crippen molar-refractivity contribution in [1.82, 2.24) is 0 Å². The van der Waals surface area contributed by atoms with Gasteiger partial charge >= 0.3 is 15.4 Å². The maximum absolute atomic E-state index is 7.12. The van der Waals surface area contributed by atoms with Crippen LogP contribution in [0.25, 0.3) is 11.1 Å². The topological polar surface area (TPSA) is 80.9 Å². The van der Waals surface area contributed by atoms with Crippen LogP contribution in [0.2, 0.25) is 0 Å². The normalized spacial score (nSPS) is 9.89. The molecule has 0 saturated carbocycles. The Bertz CT molecular complexity index is 460. The van der Waals surface area contributed by atoms with Crippen molar-refractivity contribution in [2.75, 3.05) is 0 Å². The van der Waals surface area contributed by atoms with E-state index in [4.69, 9.17) is 20.1 Å². The second-order valence-electron chi connectivity index (χ2n) is 3.77. The third-order valence-corrected chi connectivity index (χ3v) is 2.71. The first-order valence-corrected chi connectivity index (χ1v) is 5.88. The lowest BCUT2D eigenvalue weighted by Gasteiger charge is -1.98. The third kappa shape index (κ3) is 4.22. The smallest absolute Gasteiger partial charge is 0.430 e. The van der Waals surface area contributed by atoms with E-state index in [1.165, 1.54) is 22.3 Å². The zero-order valence-corrected chi connectivity index (χ0v) is 10.5. The Balaban J connectivity index is 0.000000261. The predicted octanol–water partition coefficient (Wildman–Crippen LogP) is -0.267. The molecule has 19 heavy (non-hydrogen) atoms. The van der Waals surface area contributed by atoms with Crippen LogP contribution in [0.4, 0.5) is 0 Å². The van der Waals surface area contributed by atoms with Gasteiger partial charge in [0, 0.05) is 0 Å². The van der Waals surface area contributed by atoms with Gasteiger partial charge in [-0.15, -0.1) is 0 Å². The van der Waals surface area contributed by atoms with Crippen molar-refractivity contribution in [3.63, 3.8) is 0 Å². The van der Waals surface area contributed by atoms with Crippen LogP contribution in [-0.2, 0) is 6.42 Å². The van der Waals surface area contributed by atoms with Gasteiger partial charge < -0.3 is 20.1 Å². The number of rotatable bonds is 0. The Morgan fingerprint density at radius 2 is 0.947 bits per heavy atom. The lowest BCUT2D eigenvalue weighted by Crippen LogP contribution is -1.77. The summed E-state index contributed by atoms with van der Waals surface area (Å²) in [6.07, 6.45) is 1.10. The highest BCUT2D eigenvalue weighted by Crippen LogP contribution is 2.35. The van der Waals surface area contributed by atoms with Crippen LogP contribution < -0.4 is 0 Å². The fraction of sp³-hybridized carbons (Fsp3) is 0.0769. The predicted molar refractivity (Wildman–Crippen MR) is 77.9 cm³/mol. The summed E-state index contributed by atoms with van der Waals surface area (Å²) in [5.41, 5.74) is 5.75. The SMILES string of the molecule is OBO.OBO.c1ccc2c(c1)Cc1ccccc1-2. The molecule has 0 aromatic heterocycles. The van der Waals surface area contributed by atoms with Crippen molar-refractivity contribution in [3.05, 3.63) is 59.7 Å². The van der Waals surface area contributed by atoms with E-state index in [9.17, 15) is 0 Å². The average molecular weight is 258 g/mol. The van der Waals surface area contributed by atoms with E-state index >= 15 is 0 Å². The molecule has 0 spiro atoms. The molecule has 0 fully saturated rings. The van der Waals surface area contributed by atoms with Crippen LogP contribution in [0.15, 0.2) is 48.5 Å². The molecule has 0 saturated heterocycles. The first-order valence-electron chi connectivity index (χ1n) is 5.88. The zero-order valence-electron chi connectivity index (χ0n) is 10.5. The summed E-state index contributed by atoms with van der Waals surface area (Å²) in [5, 5.41) is 28.5. The molecule has 98 valence electrons. The molecule has 1 aliphatic rings. The van der Waals surface area contributed by atoms with Gasteiger partial charge in [-0.1, -0.05) is 48.5 Å². The van der Waals surface area contributed by atoms with Crippen molar-refractivity contribution in [1.29, 1.82) is 0 Å². The largest absolute Gasteiger partial charge is 0.432 e. The maximum atomic E-state index is 7.12. The molecule has 0 aliphatic heterocycles. The summed E-state index contributed by atoms with van der Waals surface area (Å²) in [5.74, 6) is 0. The molecule has 0 radical (unpaired) electrons. The fourth-order valence-corrected chi connectivity index (χ4v) is 2.08. The standard InChI is InChI=1S/C13H10.2BH3O2/c1-3-7-12-10(5-1)9-11-6-2-4-8-13(11)12;2*2-1-3/h1-8H,9H2;2*1-3H. The van der Waals surface area contributed by atoms with Crippen molar-refractivity contribution in [2.45, 2.75) is 6.42 Å². The van der Waals surface area contributed by atoms with Crippen molar-refractivity contribution < 1.29 is 20.1 Å². The van der Waals surface area contributed by atoms with Crippen molar-refractivity contribution in [3.8, 4) is 11.1 Å². The van der Waals surface area contributed by atoms with Crippen LogP contribution in [-0.4, -0.2) is 35.5 Å². The minimum absolute atomic E-state index is 0.750. The number of fused-ring (bicyclic) bond motifs is 3. The molecule has 4 nitrogen and oxygen atoms in total. The lowest BCUT2D eigenvalue weighted by atomic mass is 10.1. The molecule has 2 aromatic rings. The van der Waals surface area contributed by atoms with Crippen LogP contribution >= 0.6 is 0 Å². The summed E-state index contributed by atoms with van der Waals surface area (Å²) < 4.78 is 0. The molecular formula is C13H16B2O4. The highest BCUT2D eigenvalue weighted by molar-refractivity contribution is 6.13. The molecule has 0 atom stereocenters. The first-order chi connectivity index (χ1) is 9.28. The van der Waals surface area contributed by atoms with Crippen LogP contribution in [0.3, 0.4) is 0 Å². The Labute approximate surface area is 113 Å². The van der Waals surface area contributed by atoms with Gasteiger partial charge in [-0.05, 0) is 28.7 Å². The number of hydrogen-bond donors (Lipinski definition) is 4. The van der Waals surface area contributed by atoms with Gasteiger partial charge in [0.2, 0.25) is 0 Å². The van der Waals surface area contributed by atoms with Gasteiger partial charge in [0.25, 0.3) is 0 Å². The summed E-state index contributed by atoms with van der Waals surface area (Å²) in [7, 11) is -1.50. The molecule has 0 amide bonds. The van der Waals surface area contributed by atoms with Gasteiger partial charge in [-0.3, -0.25) is 0 Å². The molecule has 2 aromatic carbocycles. The fourth-order valence-electron chi connectivity index (χ4n) is 2.08. The quantitative estimate of drug-likeness (QED) is 0.418. The molecule has 6 heteroatoms. The van der Waals surface area contributed by atoms with E-state index in [-0.39, 0.29) is 0 Å². The van der Waals surface area contributed by atoms with Gasteiger partial charge in [-0.2, -0.15) is 0 Å². The van der Waals surface area contributed by atoms with Crippen LogP contribution in [0.5, 0.6) is 0 Å². The second kappa shape index (κ2) is 8.50. The average Bonchev–Trinajstić information content (AvgIpc) is 2.79. The second-order valence-corrected chi connectivity index (χ2v) is 3.77. The van der Waals surface area contributed by atoms with E-state index < -0.39 is 15.4 Å². The van der Waals surface area contributed by atoms with Crippen molar-refractivity contribution in [2.24, 2.45) is 0 Å².